The lowest BCUT2D eigenvalue weighted by Gasteiger charge is -2.22. The first kappa shape index (κ1) is 21.1. The van der Waals surface area contributed by atoms with Crippen molar-refractivity contribution >= 4 is 29.0 Å². The third-order valence-electron chi connectivity index (χ3n) is 5.58. The quantitative estimate of drug-likeness (QED) is 0.487. The van der Waals surface area contributed by atoms with Gasteiger partial charge in [0, 0.05) is 6.54 Å². The summed E-state index contributed by atoms with van der Waals surface area (Å²) in [5.41, 5.74) is 1.19. The zero-order valence-corrected chi connectivity index (χ0v) is 18.9. The molecule has 30 heavy (non-hydrogen) atoms. The van der Waals surface area contributed by atoms with Crippen LogP contribution in [0.2, 0.25) is 0 Å². The predicted molar refractivity (Wildman–Crippen MR) is 124 cm³/mol. The van der Waals surface area contributed by atoms with Crippen molar-refractivity contribution in [3.05, 3.63) is 53.4 Å². The molecule has 0 saturated heterocycles. The molecule has 5 nitrogen and oxygen atoms in total. The summed E-state index contributed by atoms with van der Waals surface area (Å²) in [6, 6.07) is 14.4. The number of aromatic nitrogens is 3. The highest BCUT2D eigenvalue weighted by atomic mass is 32.2. The van der Waals surface area contributed by atoms with Crippen LogP contribution < -0.4 is 5.32 Å². The van der Waals surface area contributed by atoms with E-state index < -0.39 is 0 Å². The van der Waals surface area contributed by atoms with Crippen molar-refractivity contribution in [1.82, 2.24) is 20.1 Å². The predicted octanol–water partition coefficient (Wildman–Crippen LogP) is 5.23. The first-order valence-electron chi connectivity index (χ1n) is 10.7. The molecule has 2 heterocycles. The number of benzene rings is 1. The summed E-state index contributed by atoms with van der Waals surface area (Å²) < 4.78 is 2.12. The van der Waals surface area contributed by atoms with Gasteiger partial charge in [0.2, 0.25) is 5.91 Å². The minimum atomic E-state index is -0.219. The van der Waals surface area contributed by atoms with E-state index in [4.69, 9.17) is 0 Å². The maximum atomic E-state index is 12.7. The Hall–Kier alpha value is -2.12. The second kappa shape index (κ2) is 10.3. The van der Waals surface area contributed by atoms with Crippen LogP contribution in [-0.2, 0) is 11.3 Å². The summed E-state index contributed by atoms with van der Waals surface area (Å²) in [6.07, 6.45) is 6.38. The van der Waals surface area contributed by atoms with E-state index in [1.54, 1.807) is 11.3 Å². The molecule has 1 fully saturated rings. The van der Waals surface area contributed by atoms with Crippen molar-refractivity contribution in [2.24, 2.45) is 5.92 Å². The average molecular weight is 441 g/mol. The highest BCUT2D eigenvalue weighted by molar-refractivity contribution is 8.00. The minimum Gasteiger partial charge on any atom is -0.355 e. The third-order valence-corrected chi connectivity index (χ3v) is 7.53. The lowest BCUT2D eigenvalue weighted by Crippen LogP contribution is -2.35. The Bertz CT molecular complexity index is 934. The van der Waals surface area contributed by atoms with Crippen LogP contribution in [0.15, 0.2) is 53.0 Å². The molecule has 2 aromatic heterocycles. The summed E-state index contributed by atoms with van der Waals surface area (Å²) in [5, 5.41) is 14.7. The van der Waals surface area contributed by atoms with E-state index in [1.807, 2.05) is 36.6 Å². The van der Waals surface area contributed by atoms with E-state index in [0.717, 1.165) is 22.4 Å². The zero-order valence-electron chi connectivity index (χ0n) is 17.3. The van der Waals surface area contributed by atoms with Gasteiger partial charge in [-0.25, -0.2) is 0 Å². The average Bonchev–Trinajstić information content (AvgIpc) is 3.44. The molecule has 1 unspecified atom stereocenters. The van der Waals surface area contributed by atoms with Crippen LogP contribution in [-0.4, -0.2) is 32.5 Å². The van der Waals surface area contributed by atoms with Crippen LogP contribution in [0.5, 0.6) is 0 Å². The normalized spacial score (nSPS) is 15.8. The van der Waals surface area contributed by atoms with Crippen LogP contribution in [0.3, 0.4) is 0 Å². The molecule has 7 heteroatoms. The molecule has 0 bridgehead atoms. The Kier molecular flexibility index (Phi) is 7.23. The molecule has 0 spiro atoms. The van der Waals surface area contributed by atoms with E-state index in [9.17, 15) is 4.79 Å². The van der Waals surface area contributed by atoms with E-state index in [2.05, 4.69) is 38.3 Å². The van der Waals surface area contributed by atoms with Gasteiger partial charge in [-0.2, -0.15) is 0 Å². The Morgan fingerprint density at radius 3 is 2.70 bits per heavy atom. The number of amides is 1. The molecular weight excluding hydrogens is 412 g/mol. The molecule has 1 amide bonds. The number of nitrogens with zero attached hydrogens (tertiary/aromatic N) is 3. The number of carbonyl (C=O) groups excluding carboxylic acids is 1. The second-order valence-corrected chi connectivity index (χ2v) is 10.1. The van der Waals surface area contributed by atoms with Crippen molar-refractivity contribution in [2.45, 2.75) is 56.0 Å². The lowest BCUT2D eigenvalue weighted by atomic mass is 9.89. The van der Waals surface area contributed by atoms with Crippen molar-refractivity contribution in [3.63, 3.8) is 0 Å². The van der Waals surface area contributed by atoms with Gasteiger partial charge in [-0.15, -0.1) is 21.5 Å². The molecule has 1 atom stereocenters. The van der Waals surface area contributed by atoms with Crippen LogP contribution >= 0.6 is 23.1 Å². The molecule has 4 rings (SSSR count). The molecule has 158 valence electrons. The van der Waals surface area contributed by atoms with Crippen molar-refractivity contribution in [1.29, 1.82) is 0 Å². The van der Waals surface area contributed by atoms with Crippen molar-refractivity contribution in [2.75, 3.05) is 6.54 Å². The molecule has 3 aromatic rings. The number of rotatable bonds is 8. The van der Waals surface area contributed by atoms with Crippen LogP contribution in [0, 0.1) is 5.92 Å². The van der Waals surface area contributed by atoms with Gasteiger partial charge in [0.1, 0.15) is 0 Å². The van der Waals surface area contributed by atoms with Gasteiger partial charge >= 0.3 is 0 Å². The summed E-state index contributed by atoms with van der Waals surface area (Å²) in [4.78, 5) is 13.8. The third kappa shape index (κ3) is 5.32. The van der Waals surface area contributed by atoms with Gasteiger partial charge < -0.3 is 5.32 Å². The number of carbonyl (C=O) groups is 1. The highest BCUT2D eigenvalue weighted by Gasteiger charge is 2.22. The molecule has 0 aliphatic heterocycles. The lowest BCUT2D eigenvalue weighted by molar-refractivity contribution is -0.120. The number of thiophene rings is 1. The van der Waals surface area contributed by atoms with Crippen LogP contribution in [0.1, 0.15) is 44.6 Å². The van der Waals surface area contributed by atoms with Gasteiger partial charge in [0.25, 0.3) is 0 Å². The monoisotopic (exact) mass is 440 g/mol. The Labute approximate surface area is 186 Å². The standard InChI is InChI=1S/C23H28N4OS2/c1-17(22(28)24-15-18-9-4-2-5-10-18)30-23-26-25-21(20-13-8-14-29-20)27(23)16-19-11-6-3-7-12-19/h3,6-8,11-14,17-18H,2,4-5,9-10,15-16H2,1H3,(H,24,28). The Balaban J connectivity index is 1.46. The second-order valence-electron chi connectivity index (χ2n) is 7.86. The van der Waals surface area contributed by atoms with Gasteiger partial charge in [0.15, 0.2) is 11.0 Å². The zero-order chi connectivity index (χ0) is 20.8. The molecular formula is C23H28N4OS2. The fraction of sp³-hybridized carbons (Fsp3) is 0.435. The first-order chi connectivity index (χ1) is 14.7. The topological polar surface area (TPSA) is 59.8 Å². The molecule has 1 aromatic carbocycles. The fourth-order valence-corrected chi connectivity index (χ4v) is 5.45. The summed E-state index contributed by atoms with van der Waals surface area (Å²) in [7, 11) is 0. The summed E-state index contributed by atoms with van der Waals surface area (Å²) in [6.45, 7) is 3.42. The van der Waals surface area contributed by atoms with E-state index in [-0.39, 0.29) is 11.2 Å². The first-order valence-corrected chi connectivity index (χ1v) is 12.4. The van der Waals surface area contributed by atoms with Gasteiger partial charge in [-0.3, -0.25) is 9.36 Å². The van der Waals surface area contributed by atoms with Crippen molar-refractivity contribution < 1.29 is 4.79 Å². The van der Waals surface area contributed by atoms with E-state index >= 15 is 0 Å². The van der Waals surface area contributed by atoms with Crippen LogP contribution in [0.4, 0.5) is 0 Å². The van der Waals surface area contributed by atoms with Gasteiger partial charge in [0.05, 0.1) is 16.7 Å². The SMILES string of the molecule is CC(Sc1nnc(-c2cccs2)n1Cc1ccccc1)C(=O)NCC1CCCCC1. The summed E-state index contributed by atoms with van der Waals surface area (Å²) >= 11 is 3.14. The number of hydrogen-bond acceptors (Lipinski definition) is 5. The molecule has 1 aliphatic rings. The van der Waals surface area contributed by atoms with Gasteiger partial charge in [-0.1, -0.05) is 67.4 Å². The minimum absolute atomic E-state index is 0.0810. The highest BCUT2D eigenvalue weighted by Crippen LogP contribution is 2.30. The Morgan fingerprint density at radius 1 is 1.17 bits per heavy atom. The number of thioether (sulfide) groups is 1. The largest absolute Gasteiger partial charge is 0.355 e. The van der Waals surface area contributed by atoms with E-state index in [0.29, 0.717) is 12.5 Å². The Morgan fingerprint density at radius 2 is 1.97 bits per heavy atom. The maximum absolute atomic E-state index is 12.7. The maximum Gasteiger partial charge on any atom is 0.233 e. The molecule has 1 N–H and O–H groups in total. The van der Waals surface area contributed by atoms with E-state index in [1.165, 1.54) is 49.4 Å². The molecule has 0 radical (unpaired) electrons. The fourth-order valence-electron chi connectivity index (χ4n) is 3.86. The van der Waals surface area contributed by atoms with Gasteiger partial charge in [-0.05, 0) is 42.7 Å². The molecule has 1 saturated carbocycles. The molecule has 1 aliphatic carbocycles. The van der Waals surface area contributed by atoms with Crippen LogP contribution in [0.25, 0.3) is 10.7 Å². The van der Waals surface area contributed by atoms with Crippen molar-refractivity contribution in [3.8, 4) is 10.7 Å². The number of nitrogens with one attached hydrogen (secondary N) is 1. The summed E-state index contributed by atoms with van der Waals surface area (Å²) in [5.74, 6) is 1.57. The number of hydrogen-bond donors (Lipinski definition) is 1. The smallest absolute Gasteiger partial charge is 0.233 e.